The predicted octanol–water partition coefficient (Wildman–Crippen LogP) is 2.08. The summed E-state index contributed by atoms with van der Waals surface area (Å²) in [7, 11) is 1.66. The van der Waals surface area contributed by atoms with Crippen molar-refractivity contribution in [3.63, 3.8) is 0 Å². The van der Waals surface area contributed by atoms with E-state index in [0.717, 1.165) is 26.2 Å². The summed E-state index contributed by atoms with van der Waals surface area (Å²) in [6.07, 6.45) is 3.15. The number of hydrogen-bond donors (Lipinski definition) is 1. The van der Waals surface area contributed by atoms with Crippen LogP contribution >= 0.6 is 0 Å². The van der Waals surface area contributed by atoms with Crippen molar-refractivity contribution in [1.29, 1.82) is 0 Å². The minimum absolute atomic E-state index is 0.463. The second kappa shape index (κ2) is 6.87. The fourth-order valence-electron chi connectivity index (χ4n) is 2.77. The van der Waals surface area contributed by atoms with Gasteiger partial charge in [0.2, 0.25) is 5.88 Å². The van der Waals surface area contributed by atoms with Gasteiger partial charge in [-0.3, -0.25) is 4.90 Å². The van der Waals surface area contributed by atoms with E-state index in [9.17, 15) is 0 Å². The third kappa shape index (κ3) is 3.45. The molecule has 106 valence electrons. The molecule has 0 aliphatic carbocycles. The zero-order chi connectivity index (χ0) is 13.7. The first-order valence-corrected chi connectivity index (χ1v) is 7.21. The molecule has 2 heterocycles. The molecule has 4 nitrogen and oxygen atoms in total. The van der Waals surface area contributed by atoms with Crippen LogP contribution < -0.4 is 10.1 Å². The molecular weight excluding hydrogens is 238 g/mol. The van der Waals surface area contributed by atoms with Crippen molar-refractivity contribution < 1.29 is 4.74 Å². The van der Waals surface area contributed by atoms with E-state index >= 15 is 0 Å². The summed E-state index contributed by atoms with van der Waals surface area (Å²) in [5.41, 5.74) is 1.30. The highest BCUT2D eigenvalue weighted by Gasteiger charge is 2.26. The summed E-state index contributed by atoms with van der Waals surface area (Å²) >= 11 is 0. The molecule has 0 bridgehead atoms. The fourth-order valence-corrected chi connectivity index (χ4v) is 2.77. The molecule has 1 saturated heterocycles. The maximum atomic E-state index is 5.15. The van der Waals surface area contributed by atoms with E-state index in [0.29, 0.717) is 17.8 Å². The number of hydrogen-bond acceptors (Lipinski definition) is 4. The van der Waals surface area contributed by atoms with Crippen molar-refractivity contribution in [2.24, 2.45) is 5.92 Å². The highest BCUT2D eigenvalue weighted by Crippen LogP contribution is 2.31. The lowest BCUT2D eigenvalue weighted by Gasteiger charge is -2.38. The van der Waals surface area contributed by atoms with Crippen LogP contribution in [0.2, 0.25) is 0 Å². The van der Waals surface area contributed by atoms with Gasteiger partial charge in [-0.2, -0.15) is 0 Å². The van der Waals surface area contributed by atoms with Crippen LogP contribution in [0.3, 0.4) is 0 Å². The lowest BCUT2D eigenvalue weighted by Crippen LogP contribution is -2.46. The number of ether oxygens (including phenoxy) is 1. The topological polar surface area (TPSA) is 37.4 Å². The van der Waals surface area contributed by atoms with Gasteiger partial charge in [-0.1, -0.05) is 26.3 Å². The lowest BCUT2D eigenvalue weighted by atomic mass is 9.91. The quantitative estimate of drug-likeness (QED) is 0.882. The van der Waals surface area contributed by atoms with E-state index in [-0.39, 0.29) is 0 Å². The molecule has 1 N–H and O–H groups in total. The maximum absolute atomic E-state index is 5.15. The van der Waals surface area contributed by atoms with Crippen LogP contribution in [0.15, 0.2) is 18.3 Å². The smallest absolute Gasteiger partial charge is 0.212 e. The molecule has 0 spiro atoms. The first-order valence-electron chi connectivity index (χ1n) is 7.21. The maximum Gasteiger partial charge on any atom is 0.212 e. The molecule has 4 heteroatoms. The van der Waals surface area contributed by atoms with Gasteiger partial charge in [0.05, 0.1) is 7.11 Å². The number of pyridine rings is 1. The molecule has 1 unspecified atom stereocenters. The van der Waals surface area contributed by atoms with Gasteiger partial charge in [0.15, 0.2) is 0 Å². The molecule has 0 aromatic carbocycles. The van der Waals surface area contributed by atoms with Crippen LogP contribution in [0.25, 0.3) is 0 Å². The van der Waals surface area contributed by atoms with E-state index in [1.165, 1.54) is 12.0 Å². The molecule has 1 fully saturated rings. The van der Waals surface area contributed by atoms with E-state index in [4.69, 9.17) is 4.74 Å². The van der Waals surface area contributed by atoms with Crippen LogP contribution in [0.4, 0.5) is 0 Å². The van der Waals surface area contributed by atoms with E-state index in [1.54, 1.807) is 7.11 Å². The first-order chi connectivity index (χ1) is 9.26. The summed E-state index contributed by atoms with van der Waals surface area (Å²) < 4.78 is 5.15. The Balaban J connectivity index is 2.19. The molecule has 2 atom stereocenters. The van der Waals surface area contributed by atoms with Crippen molar-refractivity contribution in [3.05, 3.63) is 23.9 Å². The first kappa shape index (κ1) is 14.3. The highest BCUT2D eigenvalue weighted by molar-refractivity contribution is 5.21. The normalized spacial score (nSPS) is 19.9. The number of rotatable bonds is 5. The Morgan fingerprint density at radius 1 is 1.37 bits per heavy atom. The Bertz CT molecular complexity index is 373. The Morgan fingerprint density at radius 3 is 2.63 bits per heavy atom. The third-order valence-electron chi connectivity index (χ3n) is 4.04. The number of nitrogens with one attached hydrogen (secondary N) is 1. The van der Waals surface area contributed by atoms with Gasteiger partial charge in [-0.15, -0.1) is 0 Å². The number of nitrogens with zero attached hydrogens (tertiary/aromatic N) is 2. The average molecular weight is 263 g/mol. The molecule has 1 aromatic heterocycles. The van der Waals surface area contributed by atoms with Gasteiger partial charge >= 0.3 is 0 Å². The number of methoxy groups -OCH3 is 1. The summed E-state index contributed by atoms with van der Waals surface area (Å²) in [5, 5.41) is 3.42. The molecule has 19 heavy (non-hydrogen) atoms. The number of aromatic nitrogens is 1. The Hall–Kier alpha value is -1.13. The van der Waals surface area contributed by atoms with Crippen molar-refractivity contribution in [2.45, 2.75) is 26.3 Å². The second-order valence-corrected chi connectivity index (χ2v) is 5.25. The van der Waals surface area contributed by atoms with Gasteiger partial charge in [-0.25, -0.2) is 4.98 Å². The van der Waals surface area contributed by atoms with E-state index in [2.05, 4.69) is 35.1 Å². The molecule has 0 saturated carbocycles. The largest absolute Gasteiger partial charge is 0.481 e. The van der Waals surface area contributed by atoms with Gasteiger partial charge in [0.25, 0.3) is 0 Å². The van der Waals surface area contributed by atoms with Gasteiger partial charge in [0, 0.05) is 44.5 Å². The Labute approximate surface area is 116 Å². The zero-order valence-corrected chi connectivity index (χ0v) is 12.2. The highest BCUT2D eigenvalue weighted by atomic mass is 16.5. The van der Waals surface area contributed by atoms with Crippen LogP contribution in [0, 0.1) is 5.92 Å². The second-order valence-electron chi connectivity index (χ2n) is 5.25. The fraction of sp³-hybridized carbons (Fsp3) is 0.667. The molecule has 1 aliphatic rings. The van der Waals surface area contributed by atoms with Crippen molar-refractivity contribution >= 4 is 0 Å². The molecule has 1 aromatic rings. The molecule has 1 aliphatic heterocycles. The van der Waals surface area contributed by atoms with Crippen molar-refractivity contribution in [2.75, 3.05) is 33.3 Å². The van der Waals surface area contributed by atoms with Crippen LogP contribution in [-0.2, 0) is 0 Å². The number of piperazine rings is 1. The SMILES string of the molecule is CCC(C)[C@@H](c1ccc(OC)nc1)N1CCNCC1. The predicted molar refractivity (Wildman–Crippen MR) is 77.4 cm³/mol. The van der Waals surface area contributed by atoms with Crippen LogP contribution in [-0.4, -0.2) is 43.2 Å². The van der Waals surface area contributed by atoms with Gasteiger partial charge < -0.3 is 10.1 Å². The summed E-state index contributed by atoms with van der Waals surface area (Å²) in [5.74, 6) is 1.32. The standard InChI is InChI=1S/C15H25N3O/c1-4-12(2)15(18-9-7-16-8-10-18)13-5-6-14(19-3)17-11-13/h5-6,11-12,15-16H,4,7-10H2,1-3H3/t12?,15-/m0/s1. The van der Waals surface area contributed by atoms with Crippen LogP contribution in [0.1, 0.15) is 31.9 Å². The monoisotopic (exact) mass is 263 g/mol. The Kier molecular flexibility index (Phi) is 5.16. The third-order valence-corrected chi connectivity index (χ3v) is 4.04. The van der Waals surface area contributed by atoms with Gasteiger partial charge in [0.1, 0.15) is 0 Å². The van der Waals surface area contributed by atoms with Crippen molar-refractivity contribution in [3.8, 4) is 5.88 Å². The molecule has 0 amide bonds. The lowest BCUT2D eigenvalue weighted by molar-refractivity contribution is 0.128. The summed E-state index contributed by atoms with van der Waals surface area (Å²) in [6, 6.07) is 4.59. The van der Waals surface area contributed by atoms with Gasteiger partial charge in [-0.05, 0) is 11.5 Å². The van der Waals surface area contributed by atoms with E-state index in [1.807, 2.05) is 12.3 Å². The van der Waals surface area contributed by atoms with E-state index < -0.39 is 0 Å². The zero-order valence-electron chi connectivity index (χ0n) is 12.2. The minimum atomic E-state index is 0.463. The molecular formula is C15H25N3O. The minimum Gasteiger partial charge on any atom is -0.481 e. The Morgan fingerprint density at radius 2 is 2.11 bits per heavy atom. The van der Waals surface area contributed by atoms with Crippen molar-refractivity contribution in [1.82, 2.24) is 15.2 Å². The molecule has 0 radical (unpaired) electrons. The average Bonchev–Trinajstić information content (AvgIpc) is 2.49. The summed E-state index contributed by atoms with van der Waals surface area (Å²) in [6.45, 7) is 8.98. The molecule has 2 rings (SSSR count). The summed E-state index contributed by atoms with van der Waals surface area (Å²) in [4.78, 5) is 6.94. The van der Waals surface area contributed by atoms with Crippen LogP contribution in [0.5, 0.6) is 5.88 Å².